The lowest BCUT2D eigenvalue weighted by Gasteiger charge is -2.15. The summed E-state index contributed by atoms with van der Waals surface area (Å²) < 4.78 is 4.46. The summed E-state index contributed by atoms with van der Waals surface area (Å²) in [4.78, 5) is 36.9. The van der Waals surface area contributed by atoms with E-state index in [-0.39, 0.29) is 5.78 Å². The molecule has 0 saturated carbocycles. The average Bonchev–Trinajstić information content (AvgIpc) is 2.89. The first-order valence-electron chi connectivity index (χ1n) is 13.7. The van der Waals surface area contributed by atoms with Crippen molar-refractivity contribution in [3.05, 3.63) is 72.9 Å². The molecule has 5 heteroatoms. The number of unbranched alkanes of at least 4 members (excludes halogenated alkanes) is 1. The maximum Gasteiger partial charge on any atom is 0.330 e. The average molecular weight is 512 g/mol. The second-order valence-corrected chi connectivity index (χ2v) is 8.97. The molecule has 0 aliphatic carbocycles. The molecular weight excluding hydrogens is 462 g/mol. The van der Waals surface area contributed by atoms with Crippen LogP contribution in [0.3, 0.4) is 0 Å². The van der Waals surface area contributed by atoms with Crippen molar-refractivity contribution in [1.82, 2.24) is 4.90 Å². The van der Waals surface area contributed by atoms with Crippen molar-refractivity contribution < 1.29 is 19.1 Å². The Labute approximate surface area is 225 Å². The lowest BCUT2D eigenvalue weighted by atomic mass is 10.1. The standard InChI is InChI=1S/C32H49NO4/c1-4-5-6-7-8-9-10-11-12-13-14-15-16-17-18-19-20-23-30(34)24-21-28-33(2)29-22-25-31(35)26-27-32(36)37-3/h5-6,8-9,11-12,14-15,17-18,26-27H,4,7,10,13,16,19-25,28-29H2,1-3H3/b6-5-,9-8-,12-11-,15-14-,18-17-,27-26+. The number of nitrogens with zero attached hydrogens (tertiary/aromatic N) is 1. The smallest absolute Gasteiger partial charge is 0.330 e. The molecule has 5 nitrogen and oxygen atoms in total. The Morgan fingerprint density at radius 1 is 0.649 bits per heavy atom. The van der Waals surface area contributed by atoms with Gasteiger partial charge in [-0.3, -0.25) is 9.59 Å². The van der Waals surface area contributed by atoms with Gasteiger partial charge in [-0.05, 0) is 84.0 Å². The first-order chi connectivity index (χ1) is 18.0. The molecule has 0 amide bonds. The summed E-state index contributed by atoms with van der Waals surface area (Å²) >= 11 is 0. The molecule has 0 aliphatic rings. The van der Waals surface area contributed by atoms with Crippen LogP contribution < -0.4 is 0 Å². The number of esters is 1. The maximum absolute atomic E-state index is 12.1. The summed E-state index contributed by atoms with van der Waals surface area (Å²) in [7, 11) is 3.28. The van der Waals surface area contributed by atoms with Crippen molar-refractivity contribution in [2.45, 2.75) is 84.0 Å². The third-order valence-electron chi connectivity index (χ3n) is 5.55. The summed E-state index contributed by atoms with van der Waals surface area (Å²) in [6.07, 6.45) is 34.4. The highest BCUT2D eigenvalue weighted by Crippen LogP contribution is 2.05. The Morgan fingerprint density at radius 2 is 1.14 bits per heavy atom. The number of ketones is 2. The highest BCUT2D eigenvalue weighted by molar-refractivity contribution is 5.95. The zero-order chi connectivity index (χ0) is 27.4. The zero-order valence-corrected chi connectivity index (χ0v) is 23.4. The van der Waals surface area contributed by atoms with E-state index in [2.05, 4.69) is 77.3 Å². The third-order valence-corrected chi connectivity index (χ3v) is 5.55. The van der Waals surface area contributed by atoms with Crippen LogP contribution in [-0.4, -0.2) is 49.7 Å². The summed E-state index contributed by atoms with van der Waals surface area (Å²) in [6, 6.07) is 0. The van der Waals surface area contributed by atoms with E-state index in [4.69, 9.17) is 0 Å². The predicted molar refractivity (Wildman–Crippen MR) is 155 cm³/mol. The fourth-order valence-electron chi connectivity index (χ4n) is 3.40. The van der Waals surface area contributed by atoms with E-state index >= 15 is 0 Å². The molecule has 0 aromatic carbocycles. The SMILES string of the molecule is CC/C=C\C/C=C\C/C=C\C/C=C\C/C=C\CCCC(=O)CCCN(C)CCCC(=O)/C=C/C(=O)OC. The van der Waals surface area contributed by atoms with Gasteiger partial charge in [0.1, 0.15) is 5.78 Å². The molecule has 0 spiro atoms. The molecule has 0 unspecified atom stereocenters. The number of Topliss-reactive ketones (excluding diaryl/α,β-unsaturated/α-hetero) is 1. The number of carbonyl (C=O) groups is 3. The molecule has 0 bridgehead atoms. The summed E-state index contributed by atoms with van der Waals surface area (Å²) in [5.74, 6) is -0.279. The number of allylic oxidation sites excluding steroid dienone is 11. The fraction of sp³-hybridized carbons (Fsp3) is 0.531. The highest BCUT2D eigenvalue weighted by Gasteiger charge is 2.05. The van der Waals surface area contributed by atoms with Crippen LogP contribution >= 0.6 is 0 Å². The van der Waals surface area contributed by atoms with Gasteiger partial charge in [0.2, 0.25) is 0 Å². The minimum Gasteiger partial charge on any atom is -0.466 e. The van der Waals surface area contributed by atoms with Gasteiger partial charge in [-0.25, -0.2) is 4.79 Å². The van der Waals surface area contributed by atoms with Crippen molar-refractivity contribution in [3.8, 4) is 0 Å². The molecular formula is C32H49NO4. The molecule has 0 N–H and O–H groups in total. The van der Waals surface area contributed by atoms with Crippen LogP contribution in [0.4, 0.5) is 0 Å². The highest BCUT2D eigenvalue weighted by atomic mass is 16.5. The van der Waals surface area contributed by atoms with Crippen molar-refractivity contribution in [2.75, 3.05) is 27.2 Å². The molecule has 0 radical (unpaired) electrons. The summed E-state index contributed by atoms with van der Waals surface area (Å²) in [5.41, 5.74) is 0. The second kappa shape index (κ2) is 26.3. The van der Waals surface area contributed by atoms with E-state index < -0.39 is 5.97 Å². The van der Waals surface area contributed by atoms with Gasteiger partial charge in [-0.15, -0.1) is 0 Å². The zero-order valence-electron chi connectivity index (χ0n) is 23.4. The number of rotatable bonds is 23. The molecule has 0 saturated heterocycles. The molecule has 206 valence electrons. The molecule has 0 fully saturated rings. The second-order valence-electron chi connectivity index (χ2n) is 8.97. The Hall–Kier alpha value is -2.79. The molecule has 0 rings (SSSR count). The van der Waals surface area contributed by atoms with E-state index in [1.807, 2.05) is 7.05 Å². The predicted octanol–water partition coefficient (Wildman–Crippen LogP) is 7.27. The van der Waals surface area contributed by atoms with Crippen LogP contribution in [-0.2, 0) is 19.1 Å². The van der Waals surface area contributed by atoms with Gasteiger partial charge in [0, 0.05) is 25.3 Å². The monoisotopic (exact) mass is 511 g/mol. The Morgan fingerprint density at radius 3 is 1.68 bits per heavy atom. The van der Waals surface area contributed by atoms with Crippen LogP contribution in [0.2, 0.25) is 0 Å². The van der Waals surface area contributed by atoms with E-state index in [1.54, 1.807) is 0 Å². The molecule has 37 heavy (non-hydrogen) atoms. The van der Waals surface area contributed by atoms with Gasteiger partial charge in [0.05, 0.1) is 7.11 Å². The number of hydrogen-bond acceptors (Lipinski definition) is 5. The molecule has 0 aliphatic heterocycles. The topological polar surface area (TPSA) is 63.7 Å². The van der Waals surface area contributed by atoms with Crippen molar-refractivity contribution >= 4 is 17.5 Å². The fourth-order valence-corrected chi connectivity index (χ4v) is 3.40. The Bertz CT molecular complexity index is 787. The normalized spacial score (nSPS) is 12.5. The van der Waals surface area contributed by atoms with Gasteiger partial charge < -0.3 is 9.64 Å². The van der Waals surface area contributed by atoms with Crippen LogP contribution in [0.5, 0.6) is 0 Å². The maximum atomic E-state index is 12.1. The van der Waals surface area contributed by atoms with Gasteiger partial charge >= 0.3 is 5.97 Å². The van der Waals surface area contributed by atoms with Gasteiger partial charge in [-0.1, -0.05) is 67.7 Å². The third kappa shape index (κ3) is 26.1. The molecule has 0 aromatic rings. The molecule has 0 atom stereocenters. The summed E-state index contributed by atoms with van der Waals surface area (Å²) in [5, 5.41) is 0. The number of methoxy groups -OCH3 is 1. The van der Waals surface area contributed by atoms with E-state index in [0.29, 0.717) is 25.0 Å². The number of carbonyl (C=O) groups excluding carboxylic acids is 3. The molecule has 0 heterocycles. The van der Waals surface area contributed by atoms with Crippen LogP contribution in [0.25, 0.3) is 0 Å². The minimum atomic E-state index is -0.520. The van der Waals surface area contributed by atoms with Crippen LogP contribution in [0, 0.1) is 0 Å². The quantitative estimate of drug-likeness (QED) is 0.0625. The van der Waals surface area contributed by atoms with E-state index in [9.17, 15) is 14.4 Å². The Balaban J connectivity index is 3.67. The van der Waals surface area contributed by atoms with Crippen molar-refractivity contribution in [3.63, 3.8) is 0 Å². The lowest BCUT2D eigenvalue weighted by molar-refractivity contribution is -0.135. The molecule has 0 aromatic heterocycles. The van der Waals surface area contributed by atoms with Crippen molar-refractivity contribution in [1.29, 1.82) is 0 Å². The largest absolute Gasteiger partial charge is 0.466 e. The van der Waals surface area contributed by atoms with Crippen molar-refractivity contribution in [2.24, 2.45) is 0 Å². The first-order valence-corrected chi connectivity index (χ1v) is 13.7. The lowest BCUT2D eigenvalue weighted by Crippen LogP contribution is -2.22. The Kier molecular flexibility index (Phi) is 24.3. The van der Waals surface area contributed by atoms with E-state index in [0.717, 1.165) is 77.0 Å². The number of hydrogen-bond donors (Lipinski definition) is 0. The van der Waals surface area contributed by atoms with Gasteiger partial charge in [-0.2, -0.15) is 0 Å². The van der Waals surface area contributed by atoms with Gasteiger partial charge in [0.25, 0.3) is 0 Å². The van der Waals surface area contributed by atoms with Gasteiger partial charge in [0.15, 0.2) is 5.78 Å². The summed E-state index contributed by atoms with van der Waals surface area (Å²) in [6.45, 7) is 3.78. The first kappa shape index (κ1) is 34.2. The van der Waals surface area contributed by atoms with E-state index in [1.165, 1.54) is 13.2 Å². The minimum absolute atomic E-state index is 0.0820. The van der Waals surface area contributed by atoms with Crippen LogP contribution in [0.15, 0.2) is 72.9 Å². The number of ether oxygens (including phenoxy) is 1. The van der Waals surface area contributed by atoms with Crippen LogP contribution in [0.1, 0.15) is 84.0 Å².